The lowest BCUT2D eigenvalue weighted by atomic mass is 9.63. The molecule has 2 aromatic carbocycles. The summed E-state index contributed by atoms with van der Waals surface area (Å²) >= 11 is 0. The monoisotopic (exact) mass is 334 g/mol. The van der Waals surface area contributed by atoms with Crippen LogP contribution in [0.15, 0.2) is 86.0 Å². The minimum atomic E-state index is -1.81. The van der Waals surface area contributed by atoms with Crippen LogP contribution in [-0.2, 0) is 10.0 Å². The van der Waals surface area contributed by atoms with Gasteiger partial charge in [-0.2, -0.15) is 0 Å². The van der Waals surface area contributed by atoms with E-state index in [0.717, 1.165) is 12.5 Å². The topological polar surface area (TPSA) is 9.23 Å². The van der Waals surface area contributed by atoms with Crippen LogP contribution < -0.4 is 0 Å². The molecule has 0 bridgehead atoms. The van der Waals surface area contributed by atoms with Gasteiger partial charge in [0.1, 0.15) is 5.60 Å². The van der Waals surface area contributed by atoms with E-state index in [1.54, 1.807) is 0 Å². The van der Waals surface area contributed by atoms with E-state index in [4.69, 9.17) is 4.43 Å². The van der Waals surface area contributed by atoms with Gasteiger partial charge >= 0.3 is 0 Å². The molecule has 3 rings (SSSR count). The second-order valence-corrected chi connectivity index (χ2v) is 11.4. The quantitative estimate of drug-likeness (QED) is 0.498. The highest BCUT2D eigenvalue weighted by atomic mass is 28.4. The third-order valence-corrected chi connectivity index (χ3v) is 7.63. The van der Waals surface area contributed by atoms with Crippen LogP contribution in [0.5, 0.6) is 0 Å². The highest BCUT2D eigenvalue weighted by Crippen LogP contribution is 2.57. The maximum absolute atomic E-state index is 7.03. The molecule has 1 fully saturated rings. The van der Waals surface area contributed by atoms with Crippen molar-refractivity contribution in [2.45, 2.75) is 31.2 Å². The third kappa shape index (κ3) is 2.50. The smallest absolute Gasteiger partial charge is 0.188 e. The lowest BCUT2D eigenvalue weighted by Crippen LogP contribution is -2.57. The van der Waals surface area contributed by atoms with Crippen molar-refractivity contribution in [2.24, 2.45) is 5.41 Å². The standard InChI is InChI=1S/C22H26OSi/c1-5-21(6-2)17-18-24(3,4)23-22(21,19-13-9-7-10-14-19)20-15-11-8-12-16-20/h5-16H,1-2,17-18H2,3-4H3. The number of benzene rings is 2. The highest BCUT2D eigenvalue weighted by Gasteiger charge is 2.57. The molecule has 1 aliphatic rings. The molecule has 2 heteroatoms. The van der Waals surface area contributed by atoms with Crippen molar-refractivity contribution in [1.29, 1.82) is 0 Å². The van der Waals surface area contributed by atoms with Crippen LogP contribution in [0.4, 0.5) is 0 Å². The van der Waals surface area contributed by atoms with Gasteiger partial charge in [-0.3, -0.25) is 0 Å². The van der Waals surface area contributed by atoms with Crippen molar-refractivity contribution in [3.63, 3.8) is 0 Å². The van der Waals surface area contributed by atoms with Crippen LogP contribution in [0.25, 0.3) is 0 Å². The first kappa shape index (κ1) is 16.9. The summed E-state index contributed by atoms with van der Waals surface area (Å²) in [6.45, 7) is 13.0. The molecule has 124 valence electrons. The van der Waals surface area contributed by atoms with Crippen molar-refractivity contribution < 1.29 is 4.43 Å². The molecule has 1 heterocycles. The van der Waals surface area contributed by atoms with Gasteiger partial charge < -0.3 is 4.43 Å². The largest absolute Gasteiger partial charge is 0.403 e. The molecule has 0 radical (unpaired) electrons. The molecule has 1 aliphatic heterocycles. The van der Waals surface area contributed by atoms with E-state index in [1.807, 2.05) is 12.2 Å². The van der Waals surface area contributed by atoms with Gasteiger partial charge in [0.15, 0.2) is 8.32 Å². The zero-order valence-electron chi connectivity index (χ0n) is 14.7. The van der Waals surface area contributed by atoms with E-state index in [-0.39, 0.29) is 5.41 Å². The van der Waals surface area contributed by atoms with Crippen LogP contribution >= 0.6 is 0 Å². The highest BCUT2D eigenvalue weighted by molar-refractivity contribution is 6.71. The van der Waals surface area contributed by atoms with Gasteiger partial charge in [0.25, 0.3) is 0 Å². The minimum Gasteiger partial charge on any atom is -0.403 e. The van der Waals surface area contributed by atoms with Crippen molar-refractivity contribution in [3.8, 4) is 0 Å². The van der Waals surface area contributed by atoms with Gasteiger partial charge in [0, 0.05) is 5.41 Å². The summed E-state index contributed by atoms with van der Waals surface area (Å²) in [5.74, 6) is 0. The Labute approximate surface area is 146 Å². The van der Waals surface area contributed by atoms with Crippen LogP contribution in [0.1, 0.15) is 17.5 Å². The fraction of sp³-hybridized carbons (Fsp3) is 0.273. The molecule has 2 aromatic rings. The van der Waals surface area contributed by atoms with Crippen molar-refractivity contribution in [1.82, 2.24) is 0 Å². The van der Waals surface area contributed by atoms with E-state index in [1.165, 1.54) is 11.1 Å². The molecule has 1 nitrogen and oxygen atoms in total. The summed E-state index contributed by atoms with van der Waals surface area (Å²) in [5, 5.41) is 0. The number of rotatable bonds is 4. The average Bonchev–Trinajstić information content (AvgIpc) is 2.63. The van der Waals surface area contributed by atoms with E-state index in [0.29, 0.717) is 0 Å². The SMILES string of the molecule is C=CC1(C=C)CC[Si](C)(C)OC1(c1ccccc1)c1ccccc1. The molecular weight excluding hydrogens is 308 g/mol. The van der Waals surface area contributed by atoms with Crippen molar-refractivity contribution in [2.75, 3.05) is 0 Å². The molecule has 0 saturated carbocycles. The Morgan fingerprint density at radius 3 is 1.75 bits per heavy atom. The summed E-state index contributed by atoms with van der Waals surface area (Å²) in [4.78, 5) is 0. The second kappa shape index (κ2) is 6.19. The van der Waals surface area contributed by atoms with Gasteiger partial charge in [-0.1, -0.05) is 72.8 Å². The van der Waals surface area contributed by atoms with Crippen LogP contribution in [0, 0.1) is 5.41 Å². The molecule has 0 amide bonds. The lowest BCUT2D eigenvalue weighted by molar-refractivity contribution is -0.00607. The van der Waals surface area contributed by atoms with Gasteiger partial charge in [0.2, 0.25) is 0 Å². The fourth-order valence-corrected chi connectivity index (χ4v) is 6.36. The zero-order valence-corrected chi connectivity index (χ0v) is 15.7. The summed E-state index contributed by atoms with van der Waals surface area (Å²) in [7, 11) is -1.81. The lowest BCUT2D eigenvalue weighted by Gasteiger charge is -2.56. The predicted molar refractivity (Wildman–Crippen MR) is 104 cm³/mol. The first-order valence-electron chi connectivity index (χ1n) is 8.58. The molecular formula is C22H26OSi. The Morgan fingerprint density at radius 1 is 0.875 bits per heavy atom. The molecule has 1 saturated heterocycles. The Bertz CT molecular complexity index is 671. The Morgan fingerprint density at radius 2 is 1.33 bits per heavy atom. The summed E-state index contributed by atoms with van der Waals surface area (Å²) in [6, 6.07) is 22.2. The maximum Gasteiger partial charge on any atom is 0.188 e. The van der Waals surface area contributed by atoms with E-state index < -0.39 is 13.9 Å². The van der Waals surface area contributed by atoms with Crippen LogP contribution in [-0.4, -0.2) is 8.32 Å². The number of hydrogen-bond donors (Lipinski definition) is 0. The molecule has 0 aliphatic carbocycles. The van der Waals surface area contributed by atoms with Crippen LogP contribution in [0.3, 0.4) is 0 Å². The second-order valence-electron chi connectivity index (χ2n) is 7.22. The minimum absolute atomic E-state index is 0.321. The molecule has 0 atom stereocenters. The van der Waals surface area contributed by atoms with E-state index in [9.17, 15) is 0 Å². The summed E-state index contributed by atoms with van der Waals surface area (Å²) in [6.07, 6.45) is 5.11. The number of hydrogen-bond acceptors (Lipinski definition) is 1. The molecule has 0 N–H and O–H groups in total. The van der Waals surface area contributed by atoms with Gasteiger partial charge in [-0.25, -0.2) is 0 Å². The summed E-state index contributed by atoms with van der Waals surface area (Å²) < 4.78 is 7.03. The normalized spacial score (nSPS) is 20.9. The predicted octanol–water partition coefficient (Wildman–Crippen LogP) is 5.91. The third-order valence-electron chi connectivity index (χ3n) is 5.31. The first-order valence-corrected chi connectivity index (χ1v) is 11.7. The maximum atomic E-state index is 7.03. The fourth-order valence-electron chi connectivity index (χ4n) is 3.99. The Balaban J connectivity index is 2.36. The molecule has 0 spiro atoms. The van der Waals surface area contributed by atoms with Gasteiger partial charge in [-0.15, -0.1) is 13.2 Å². The first-order chi connectivity index (χ1) is 11.5. The molecule has 0 unspecified atom stereocenters. The van der Waals surface area contributed by atoms with E-state index in [2.05, 4.69) is 86.9 Å². The Hall–Kier alpha value is -1.90. The Kier molecular flexibility index (Phi) is 4.37. The van der Waals surface area contributed by atoms with E-state index >= 15 is 0 Å². The molecule has 0 aromatic heterocycles. The average molecular weight is 335 g/mol. The summed E-state index contributed by atoms with van der Waals surface area (Å²) in [5.41, 5.74) is 1.47. The van der Waals surface area contributed by atoms with Crippen molar-refractivity contribution >= 4 is 8.32 Å². The molecule has 24 heavy (non-hydrogen) atoms. The van der Waals surface area contributed by atoms with Gasteiger partial charge in [-0.05, 0) is 36.7 Å². The van der Waals surface area contributed by atoms with Gasteiger partial charge in [0.05, 0.1) is 0 Å². The van der Waals surface area contributed by atoms with Crippen molar-refractivity contribution in [3.05, 3.63) is 97.1 Å². The van der Waals surface area contributed by atoms with Crippen LogP contribution in [0.2, 0.25) is 19.1 Å². The zero-order chi connectivity index (χ0) is 17.3.